The van der Waals surface area contributed by atoms with Gasteiger partial charge in [-0.2, -0.15) is 0 Å². The number of rotatable bonds is 6. The molecule has 3 saturated carbocycles. The largest absolute Gasteiger partial charge is 0.462 e. The van der Waals surface area contributed by atoms with Crippen LogP contribution in [0.1, 0.15) is 122 Å². The van der Waals surface area contributed by atoms with Crippen LogP contribution in [-0.4, -0.2) is 12.1 Å². The molecule has 0 aliphatic heterocycles. The molecule has 0 amide bonds. The molecule has 0 unspecified atom stereocenters. The van der Waals surface area contributed by atoms with Crippen LogP contribution in [0.4, 0.5) is 0 Å². The number of carbonyl (C=O) groups is 1. The third-order valence-electron chi connectivity index (χ3n) is 10.2. The first-order chi connectivity index (χ1) is 17.4. The van der Waals surface area contributed by atoms with Crippen LogP contribution >= 0.6 is 0 Å². The second-order valence-corrected chi connectivity index (χ2v) is 11.8. The van der Waals surface area contributed by atoms with Gasteiger partial charge in [-0.25, -0.2) is 0 Å². The van der Waals surface area contributed by atoms with Gasteiger partial charge in [0.25, 0.3) is 0 Å². The summed E-state index contributed by atoms with van der Waals surface area (Å²) in [7, 11) is 0. The van der Waals surface area contributed by atoms with Gasteiger partial charge in [-0.15, -0.1) is 0 Å². The van der Waals surface area contributed by atoms with E-state index in [1.807, 2.05) is 0 Å². The zero-order valence-corrected chi connectivity index (χ0v) is 20.1. The summed E-state index contributed by atoms with van der Waals surface area (Å²) in [6.07, 6.45) is 12.5. The molecule has 3 fully saturated rings. The van der Waals surface area contributed by atoms with E-state index in [9.17, 15) is 4.79 Å². The lowest BCUT2D eigenvalue weighted by molar-refractivity contribution is -0.148. The molecule has 0 N–H and O–H groups in total. The molecule has 0 saturated heterocycles. The average molecular weight is 436 g/mol. The number of esters is 1. The van der Waals surface area contributed by atoms with Gasteiger partial charge in [0.15, 0.2) is 0 Å². The Morgan fingerprint density at radius 1 is 1.19 bits per heavy atom. The summed E-state index contributed by atoms with van der Waals surface area (Å²) >= 11 is 0. The van der Waals surface area contributed by atoms with Crippen molar-refractivity contribution in [2.45, 2.75) is 118 Å². The Kier molecular flexibility index (Phi) is 4.56. The molecule has 31 heavy (non-hydrogen) atoms. The van der Waals surface area contributed by atoms with Crippen LogP contribution in [0.25, 0.3) is 0 Å². The van der Waals surface area contributed by atoms with Gasteiger partial charge in [0, 0.05) is 22.9 Å². The summed E-state index contributed by atoms with van der Waals surface area (Å²) in [4.78, 5) is 11.5. The molecule has 176 valence electrons. The quantitative estimate of drug-likeness (QED) is 0.312. The van der Waals surface area contributed by atoms with E-state index >= 15 is 0 Å². The lowest BCUT2D eigenvalue weighted by Gasteiger charge is -2.58. The van der Waals surface area contributed by atoms with Crippen molar-refractivity contribution in [2.24, 2.45) is 46.3 Å². The zero-order chi connectivity index (χ0) is 28.3. The van der Waals surface area contributed by atoms with Gasteiger partial charge in [-0.1, -0.05) is 65.4 Å². The van der Waals surface area contributed by atoms with Gasteiger partial charge in [0.05, 0.1) is 0 Å². The molecule has 0 radical (unpaired) electrons. The maximum absolute atomic E-state index is 11.5. The van der Waals surface area contributed by atoms with Gasteiger partial charge >= 0.3 is 5.97 Å². The van der Waals surface area contributed by atoms with E-state index in [1.165, 1.54) is 38.2 Å². The Bertz CT molecular complexity index is 911. The number of fused-ring (bicyclic) bond motifs is 5. The lowest BCUT2D eigenvalue weighted by Crippen LogP contribution is -2.51. The summed E-state index contributed by atoms with van der Waals surface area (Å²) in [6, 6.07) is 0. The van der Waals surface area contributed by atoms with E-state index < -0.39 is 19.6 Å². The predicted molar refractivity (Wildman–Crippen MR) is 129 cm³/mol. The number of carbonyl (C=O) groups excluding carboxylic acids is 1. The molecule has 8 atom stereocenters. The first-order valence-electron chi connectivity index (χ1n) is 16.3. The number of hydrogen-bond acceptors (Lipinski definition) is 2. The van der Waals surface area contributed by atoms with E-state index in [1.54, 1.807) is 0 Å². The maximum Gasteiger partial charge on any atom is 0.302 e. The molecule has 0 aromatic heterocycles. The van der Waals surface area contributed by atoms with Crippen molar-refractivity contribution >= 4 is 5.97 Å². The molecule has 0 heterocycles. The molecular weight excluding hydrogens is 380 g/mol. The fraction of sp³-hybridized carbons (Fsp3) is 0.897. The van der Waals surface area contributed by atoms with E-state index in [2.05, 4.69) is 26.8 Å². The monoisotopic (exact) mass is 435 g/mol. The van der Waals surface area contributed by atoms with Crippen LogP contribution in [0.15, 0.2) is 11.6 Å². The van der Waals surface area contributed by atoms with Crippen molar-refractivity contribution in [2.75, 3.05) is 0 Å². The Labute approximate surface area is 201 Å². The van der Waals surface area contributed by atoms with Crippen LogP contribution in [-0.2, 0) is 9.53 Å². The fourth-order valence-corrected chi connectivity index (χ4v) is 8.74. The zero-order valence-electron chi connectivity index (χ0n) is 27.1. The van der Waals surface area contributed by atoms with Crippen molar-refractivity contribution in [1.29, 1.82) is 0 Å². The molecular formula is C29H48O2. The van der Waals surface area contributed by atoms with Crippen LogP contribution in [0.2, 0.25) is 0 Å². The van der Waals surface area contributed by atoms with E-state index in [-0.39, 0.29) is 29.3 Å². The minimum atomic E-state index is -2.83. The average Bonchev–Trinajstić information content (AvgIpc) is 3.14. The highest BCUT2D eigenvalue weighted by molar-refractivity contribution is 5.66. The highest BCUT2D eigenvalue weighted by atomic mass is 16.5. The van der Waals surface area contributed by atoms with E-state index in [0.717, 1.165) is 32.1 Å². The molecule has 4 rings (SSSR count). The summed E-state index contributed by atoms with van der Waals surface area (Å²) in [5.41, 5.74) is 1.96. The number of allylic oxidation sites excluding steroid dienone is 1. The highest BCUT2D eigenvalue weighted by Crippen LogP contribution is 2.67. The van der Waals surface area contributed by atoms with Gasteiger partial charge in [-0.3, -0.25) is 4.79 Å². The van der Waals surface area contributed by atoms with Gasteiger partial charge < -0.3 is 4.74 Å². The molecule has 0 spiro atoms. The van der Waals surface area contributed by atoms with Crippen LogP contribution in [0.5, 0.6) is 0 Å². The van der Waals surface area contributed by atoms with E-state index in [0.29, 0.717) is 36.0 Å². The van der Waals surface area contributed by atoms with Crippen LogP contribution < -0.4 is 0 Å². The van der Waals surface area contributed by atoms with Crippen LogP contribution in [0.3, 0.4) is 0 Å². The SMILES string of the molecule is [2H]C([2H])([2H])C([2H])(CCC[C@@H](C)[C@H]1CC[C@H]2[C@@H]3CC=C4C[C@@H](OC(C)=O)CC[C@]4(C)[C@H]3CC[C@]12C)C([2H])([2H])[2H]. The van der Waals surface area contributed by atoms with Crippen molar-refractivity contribution in [1.82, 2.24) is 0 Å². The molecule has 0 bridgehead atoms. The fourth-order valence-electron chi connectivity index (χ4n) is 8.74. The lowest BCUT2D eigenvalue weighted by atomic mass is 9.47. The molecule has 4 aliphatic rings. The summed E-state index contributed by atoms with van der Waals surface area (Å²) < 4.78 is 60.2. The topological polar surface area (TPSA) is 26.3 Å². The second-order valence-electron chi connectivity index (χ2n) is 11.8. The van der Waals surface area contributed by atoms with Gasteiger partial charge in [0.1, 0.15) is 6.10 Å². The van der Waals surface area contributed by atoms with Crippen molar-refractivity contribution in [3.05, 3.63) is 11.6 Å². The number of hydrogen-bond donors (Lipinski definition) is 0. The first kappa shape index (κ1) is 15.9. The van der Waals surface area contributed by atoms with Gasteiger partial charge in [-0.05, 0) is 91.3 Å². The van der Waals surface area contributed by atoms with Crippen molar-refractivity contribution in [3.8, 4) is 0 Å². The predicted octanol–water partition coefficient (Wildman–Crippen LogP) is 7.96. The molecule has 2 nitrogen and oxygen atoms in total. The normalized spacial score (nSPS) is 47.4. The summed E-state index contributed by atoms with van der Waals surface area (Å²) in [5, 5.41) is 0. The standard InChI is InChI=1S/C29H48O2/c1-19(2)8-7-9-20(3)25-12-13-26-24-11-10-22-18-23(31-21(4)30)14-16-28(22,5)27(24)15-17-29(25,26)6/h10,19-20,23-27H,7-9,11-18H2,1-6H3/t20-,23+,24+,25-,26+,27+,28+,29-/m1/s1/i1D3,2D3,19D. The summed E-state index contributed by atoms with van der Waals surface area (Å²) in [5.74, 6) is 0.366. The Balaban J connectivity index is 1.43. The van der Waals surface area contributed by atoms with Crippen LogP contribution in [0, 0.1) is 46.3 Å². The van der Waals surface area contributed by atoms with E-state index in [4.69, 9.17) is 14.3 Å². The molecule has 0 aromatic rings. The minimum Gasteiger partial charge on any atom is -0.462 e. The minimum absolute atomic E-state index is 0.0204. The highest BCUT2D eigenvalue weighted by Gasteiger charge is 2.59. The first-order valence-corrected chi connectivity index (χ1v) is 12.8. The third-order valence-corrected chi connectivity index (χ3v) is 10.2. The summed E-state index contributed by atoms with van der Waals surface area (Å²) in [6.45, 7) is 3.05. The number of ether oxygens (including phenoxy) is 1. The molecule has 0 aromatic carbocycles. The Morgan fingerprint density at radius 3 is 2.74 bits per heavy atom. The van der Waals surface area contributed by atoms with Crippen molar-refractivity contribution in [3.63, 3.8) is 0 Å². The maximum atomic E-state index is 11.5. The van der Waals surface area contributed by atoms with Gasteiger partial charge in [0.2, 0.25) is 0 Å². The molecule has 2 heteroatoms. The van der Waals surface area contributed by atoms with Crippen molar-refractivity contribution < 1.29 is 19.1 Å². The Hall–Kier alpha value is -0.790. The smallest absolute Gasteiger partial charge is 0.302 e. The molecule has 4 aliphatic carbocycles. The Morgan fingerprint density at radius 2 is 2.00 bits per heavy atom. The third kappa shape index (κ3) is 4.26. The second kappa shape index (κ2) is 8.86.